The highest BCUT2D eigenvalue weighted by Crippen LogP contribution is 2.38. The largest absolute Gasteiger partial charge is 0.492 e. The Labute approximate surface area is 96.8 Å². The lowest BCUT2D eigenvalue weighted by Crippen LogP contribution is -2.18. The lowest BCUT2D eigenvalue weighted by Gasteiger charge is -2.14. The second-order valence-electron chi connectivity index (χ2n) is 4.72. The summed E-state index contributed by atoms with van der Waals surface area (Å²) in [5.74, 6) is 7.18. The molecule has 1 aromatic rings. The number of hydrogen-bond acceptors (Lipinski definition) is 2. The van der Waals surface area contributed by atoms with Gasteiger partial charge in [-0.15, -0.1) is 0 Å². The molecule has 0 saturated carbocycles. The van der Waals surface area contributed by atoms with Crippen molar-refractivity contribution in [2.45, 2.75) is 25.7 Å². The fourth-order valence-electron chi connectivity index (χ4n) is 1.84. The Morgan fingerprint density at radius 3 is 3.00 bits per heavy atom. The summed E-state index contributed by atoms with van der Waals surface area (Å²) in [6, 6.07) is 6.14. The molecule has 2 nitrogen and oxygen atoms in total. The topological polar surface area (TPSA) is 35.2 Å². The molecule has 0 bridgehead atoms. The maximum atomic E-state index is 5.63. The Bertz CT molecular complexity index is 452. The van der Waals surface area contributed by atoms with Crippen molar-refractivity contribution < 1.29 is 4.74 Å². The first kappa shape index (κ1) is 11.0. The van der Waals surface area contributed by atoms with Crippen LogP contribution in [0.1, 0.15) is 31.4 Å². The van der Waals surface area contributed by atoms with E-state index in [1.807, 2.05) is 12.1 Å². The van der Waals surface area contributed by atoms with Gasteiger partial charge in [0, 0.05) is 29.5 Å². The van der Waals surface area contributed by atoms with Gasteiger partial charge >= 0.3 is 0 Å². The summed E-state index contributed by atoms with van der Waals surface area (Å²) < 4.78 is 5.63. The predicted octanol–water partition coefficient (Wildman–Crippen LogP) is 2.06. The first-order valence-corrected chi connectivity index (χ1v) is 5.60. The fraction of sp³-hybridized carbons (Fsp3) is 0.429. The number of fused-ring (bicyclic) bond motifs is 1. The third kappa shape index (κ3) is 2.05. The van der Waals surface area contributed by atoms with Gasteiger partial charge in [-0.25, -0.2) is 0 Å². The average Bonchev–Trinajstić information content (AvgIpc) is 2.56. The molecule has 0 aromatic heterocycles. The first-order valence-electron chi connectivity index (χ1n) is 5.60. The van der Waals surface area contributed by atoms with Crippen LogP contribution in [0.15, 0.2) is 18.2 Å². The van der Waals surface area contributed by atoms with E-state index in [4.69, 9.17) is 10.5 Å². The molecule has 16 heavy (non-hydrogen) atoms. The molecule has 2 N–H and O–H groups in total. The van der Waals surface area contributed by atoms with Crippen LogP contribution in [-0.2, 0) is 5.41 Å². The van der Waals surface area contributed by atoms with Gasteiger partial charge in [0.1, 0.15) is 5.75 Å². The highest BCUT2D eigenvalue weighted by Gasteiger charge is 2.31. The maximum Gasteiger partial charge on any atom is 0.123 e. The zero-order valence-electron chi connectivity index (χ0n) is 9.84. The average molecular weight is 215 g/mol. The molecule has 1 aliphatic rings. The molecular weight excluding hydrogens is 198 g/mol. The highest BCUT2D eigenvalue weighted by atomic mass is 16.5. The molecule has 1 aromatic carbocycles. The summed E-state index contributed by atoms with van der Waals surface area (Å²) in [5, 5.41) is 0. The van der Waals surface area contributed by atoms with Crippen LogP contribution < -0.4 is 10.5 Å². The summed E-state index contributed by atoms with van der Waals surface area (Å²) in [6.07, 6.45) is 0.747. The van der Waals surface area contributed by atoms with Gasteiger partial charge in [-0.2, -0.15) is 0 Å². The number of benzene rings is 1. The normalized spacial score (nSPS) is 15.9. The molecule has 0 unspecified atom stereocenters. The second-order valence-corrected chi connectivity index (χ2v) is 4.72. The van der Waals surface area contributed by atoms with Crippen molar-refractivity contribution >= 4 is 0 Å². The Morgan fingerprint density at radius 2 is 2.25 bits per heavy atom. The van der Waals surface area contributed by atoms with Gasteiger partial charge in [-0.05, 0) is 18.2 Å². The summed E-state index contributed by atoms with van der Waals surface area (Å²) in [6.45, 7) is 5.75. The molecule has 2 heteroatoms. The van der Waals surface area contributed by atoms with Crippen molar-refractivity contribution in [2.75, 3.05) is 13.2 Å². The number of ether oxygens (including phenoxy) is 1. The zero-order chi connectivity index (χ0) is 11.6. The van der Waals surface area contributed by atoms with Gasteiger partial charge in [-0.3, -0.25) is 0 Å². The van der Waals surface area contributed by atoms with Crippen LogP contribution in [0.25, 0.3) is 0 Å². The van der Waals surface area contributed by atoms with Crippen molar-refractivity contribution in [1.29, 1.82) is 0 Å². The van der Waals surface area contributed by atoms with E-state index in [9.17, 15) is 0 Å². The van der Waals surface area contributed by atoms with E-state index in [1.165, 1.54) is 5.56 Å². The second kappa shape index (κ2) is 4.19. The molecule has 0 spiro atoms. The standard InChI is InChI=1S/C14H17NO/c1-14(2)10-16-13-7-6-11(9-12(13)14)5-3-4-8-15/h6-7,9H,4,8,10,15H2,1-2H3. The highest BCUT2D eigenvalue weighted by molar-refractivity contribution is 5.49. The van der Waals surface area contributed by atoms with Crippen LogP contribution in [0.4, 0.5) is 0 Å². The van der Waals surface area contributed by atoms with Gasteiger partial charge in [0.2, 0.25) is 0 Å². The third-order valence-corrected chi connectivity index (χ3v) is 2.80. The van der Waals surface area contributed by atoms with Crippen LogP contribution in [0.2, 0.25) is 0 Å². The van der Waals surface area contributed by atoms with Gasteiger partial charge in [0.05, 0.1) is 6.61 Å². The molecule has 1 aliphatic heterocycles. The molecule has 0 atom stereocenters. The monoisotopic (exact) mass is 215 g/mol. The lowest BCUT2D eigenvalue weighted by molar-refractivity contribution is 0.291. The van der Waals surface area contributed by atoms with Crippen LogP contribution in [0, 0.1) is 11.8 Å². The fourth-order valence-corrected chi connectivity index (χ4v) is 1.84. The SMILES string of the molecule is CC1(C)COc2ccc(C#CCCN)cc21. The Kier molecular flexibility index (Phi) is 2.89. The van der Waals surface area contributed by atoms with E-state index in [-0.39, 0.29) is 5.41 Å². The van der Waals surface area contributed by atoms with Crippen molar-refractivity contribution in [3.05, 3.63) is 29.3 Å². The first-order chi connectivity index (χ1) is 7.63. The summed E-state index contributed by atoms with van der Waals surface area (Å²) in [5.41, 5.74) is 7.81. The molecule has 0 radical (unpaired) electrons. The summed E-state index contributed by atoms with van der Waals surface area (Å²) >= 11 is 0. The van der Waals surface area contributed by atoms with Gasteiger partial charge < -0.3 is 10.5 Å². The van der Waals surface area contributed by atoms with Crippen molar-refractivity contribution in [1.82, 2.24) is 0 Å². The Morgan fingerprint density at radius 1 is 1.44 bits per heavy atom. The van der Waals surface area contributed by atoms with E-state index < -0.39 is 0 Å². The lowest BCUT2D eigenvalue weighted by atomic mass is 9.86. The van der Waals surface area contributed by atoms with Crippen LogP contribution in [0.5, 0.6) is 5.75 Å². The summed E-state index contributed by atoms with van der Waals surface area (Å²) in [4.78, 5) is 0. The molecule has 0 fully saturated rings. The quantitative estimate of drug-likeness (QED) is 0.728. The van der Waals surface area contributed by atoms with E-state index >= 15 is 0 Å². The number of hydrogen-bond donors (Lipinski definition) is 1. The van der Waals surface area contributed by atoms with Crippen LogP contribution >= 0.6 is 0 Å². The van der Waals surface area contributed by atoms with Crippen molar-refractivity contribution in [2.24, 2.45) is 5.73 Å². The molecule has 84 valence electrons. The third-order valence-electron chi connectivity index (χ3n) is 2.80. The minimum absolute atomic E-state index is 0.0981. The summed E-state index contributed by atoms with van der Waals surface area (Å²) in [7, 11) is 0. The molecule has 0 amide bonds. The number of nitrogens with two attached hydrogens (primary N) is 1. The molecular formula is C14H17NO. The Balaban J connectivity index is 2.30. The minimum Gasteiger partial charge on any atom is -0.492 e. The van der Waals surface area contributed by atoms with Gasteiger partial charge in [0.25, 0.3) is 0 Å². The van der Waals surface area contributed by atoms with E-state index in [0.29, 0.717) is 6.54 Å². The van der Waals surface area contributed by atoms with Crippen LogP contribution in [-0.4, -0.2) is 13.2 Å². The predicted molar refractivity (Wildman–Crippen MR) is 65.5 cm³/mol. The molecule has 1 heterocycles. The zero-order valence-corrected chi connectivity index (χ0v) is 9.84. The minimum atomic E-state index is 0.0981. The van der Waals surface area contributed by atoms with E-state index in [2.05, 4.69) is 31.8 Å². The smallest absolute Gasteiger partial charge is 0.123 e. The Hall–Kier alpha value is -1.46. The maximum absolute atomic E-state index is 5.63. The van der Waals surface area contributed by atoms with Crippen LogP contribution in [0.3, 0.4) is 0 Å². The van der Waals surface area contributed by atoms with E-state index in [0.717, 1.165) is 24.3 Å². The molecule has 0 saturated heterocycles. The molecule has 0 aliphatic carbocycles. The number of rotatable bonds is 1. The van der Waals surface area contributed by atoms with Gasteiger partial charge in [0.15, 0.2) is 0 Å². The van der Waals surface area contributed by atoms with Crippen molar-refractivity contribution in [3.63, 3.8) is 0 Å². The van der Waals surface area contributed by atoms with Gasteiger partial charge in [-0.1, -0.05) is 25.7 Å². The molecule has 2 rings (SSSR count). The van der Waals surface area contributed by atoms with Crippen molar-refractivity contribution in [3.8, 4) is 17.6 Å². The van der Waals surface area contributed by atoms with E-state index in [1.54, 1.807) is 0 Å².